The number of carbonyl (C=O) groups excluding carboxylic acids is 2. The van der Waals surface area contributed by atoms with E-state index in [1.807, 2.05) is 0 Å². The van der Waals surface area contributed by atoms with Gasteiger partial charge in [0.25, 0.3) is 0 Å². The molecule has 6 nitrogen and oxygen atoms in total. The number of carboxylic acid groups (broad SMARTS) is 1. The molecule has 0 heterocycles. The number of nitrogens with one attached hydrogen (secondary N) is 2. The highest BCUT2D eigenvalue weighted by Crippen LogP contribution is 2.16. The molecule has 0 saturated carbocycles. The zero-order chi connectivity index (χ0) is 16.8. The van der Waals surface area contributed by atoms with E-state index in [2.05, 4.69) is 10.6 Å². The van der Waals surface area contributed by atoms with Gasteiger partial charge in [-0.2, -0.15) is 0 Å². The summed E-state index contributed by atoms with van der Waals surface area (Å²) in [6.07, 6.45) is -0.0488. The highest BCUT2D eigenvalue weighted by Gasteiger charge is 2.12. The van der Waals surface area contributed by atoms with E-state index in [4.69, 9.17) is 5.11 Å². The van der Waals surface area contributed by atoms with Crippen LogP contribution < -0.4 is 10.6 Å². The number of anilines is 2. The fourth-order valence-corrected chi connectivity index (χ4v) is 2.14. The average Bonchev–Trinajstić information content (AvgIpc) is 2.47. The van der Waals surface area contributed by atoms with Crippen LogP contribution in [0.4, 0.5) is 11.4 Å². The van der Waals surface area contributed by atoms with Crippen molar-refractivity contribution in [1.82, 2.24) is 0 Å². The van der Waals surface area contributed by atoms with Gasteiger partial charge in [0.05, 0.1) is 12.0 Å². The van der Waals surface area contributed by atoms with Crippen LogP contribution in [0.5, 0.6) is 0 Å². The lowest BCUT2D eigenvalue weighted by Crippen LogP contribution is -2.16. The first kappa shape index (κ1) is 16.2. The minimum atomic E-state index is -1.07. The zero-order valence-corrected chi connectivity index (χ0v) is 12.5. The first-order valence-electron chi connectivity index (χ1n) is 6.94. The van der Waals surface area contributed by atoms with Crippen molar-refractivity contribution in [3.63, 3.8) is 0 Å². The van der Waals surface area contributed by atoms with Crippen LogP contribution in [0.25, 0.3) is 0 Å². The Morgan fingerprint density at radius 3 is 2.26 bits per heavy atom. The summed E-state index contributed by atoms with van der Waals surface area (Å²) in [4.78, 5) is 34.3. The summed E-state index contributed by atoms with van der Waals surface area (Å²) in [5, 5.41) is 14.4. The fraction of sp³-hybridized carbons (Fsp3) is 0.118. The molecule has 0 aliphatic rings. The van der Waals surface area contributed by atoms with Crippen molar-refractivity contribution in [3.8, 4) is 0 Å². The van der Waals surface area contributed by atoms with Crippen LogP contribution in [0, 0.1) is 0 Å². The van der Waals surface area contributed by atoms with Gasteiger partial charge >= 0.3 is 5.97 Å². The van der Waals surface area contributed by atoms with E-state index in [0.717, 1.165) is 0 Å². The SMILES string of the molecule is CC(=O)Nc1cccc(NC(=O)Cc2ccccc2C(=O)O)c1. The van der Waals surface area contributed by atoms with E-state index in [9.17, 15) is 14.4 Å². The molecule has 0 radical (unpaired) electrons. The average molecular weight is 312 g/mol. The summed E-state index contributed by atoms with van der Waals surface area (Å²) >= 11 is 0. The Morgan fingerprint density at radius 1 is 0.957 bits per heavy atom. The molecule has 0 spiro atoms. The van der Waals surface area contributed by atoms with Crippen LogP contribution in [0.1, 0.15) is 22.8 Å². The van der Waals surface area contributed by atoms with E-state index >= 15 is 0 Å². The lowest BCUT2D eigenvalue weighted by atomic mass is 10.0. The van der Waals surface area contributed by atoms with E-state index in [1.54, 1.807) is 42.5 Å². The Hall–Kier alpha value is -3.15. The van der Waals surface area contributed by atoms with Gasteiger partial charge < -0.3 is 15.7 Å². The molecule has 2 rings (SSSR count). The topological polar surface area (TPSA) is 95.5 Å². The molecule has 3 N–H and O–H groups in total. The largest absolute Gasteiger partial charge is 0.478 e. The third kappa shape index (κ3) is 4.67. The molecule has 23 heavy (non-hydrogen) atoms. The summed E-state index contributed by atoms with van der Waals surface area (Å²) in [6, 6.07) is 13.1. The minimum Gasteiger partial charge on any atom is -0.478 e. The third-order valence-corrected chi connectivity index (χ3v) is 3.07. The number of carbonyl (C=O) groups is 3. The van der Waals surface area contributed by atoms with Crippen molar-refractivity contribution in [3.05, 3.63) is 59.7 Å². The predicted octanol–water partition coefficient (Wildman–Crippen LogP) is 2.52. The highest BCUT2D eigenvalue weighted by molar-refractivity contribution is 5.96. The van der Waals surface area contributed by atoms with Crippen molar-refractivity contribution < 1.29 is 19.5 Å². The molecule has 0 aromatic heterocycles. The molecule has 2 aromatic carbocycles. The number of rotatable bonds is 5. The number of hydrogen-bond donors (Lipinski definition) is 3. The van der Waals surface area contributed by atoms with Gasteiger partial charge in [0, 0.05) is 18.3 Å². The Morgan fingerprint density at radius 2 is 1.61 bits per heavy atom. The Bertz CT molecular complexity index is 756. The molecule has 2 aromatic rings. The zero-order valence-electron chi connectivity index (χ0n) is 12.5. The van der Waals surface area contributed by atoms with Crippen LogP contribution in [0.3, 0.4) is 0 Å². The van der Waals surface area contributed by atoms with Gasteiger partial charge in [0.15, 0.2) is 0 Å². The minimum absolute atomic E-state index is 0.0488. The monoisotopic (exact) mass is 312 g/mol. The number of hydrogen-bond acceptors (Lipinski definition) is 3. The first-order valence-corrected chi connectivity index (χ1v) is 6.94. The Kier molecular flexibility index (Phi) is 5.09. The summed E-state index contributed by atoms with van der Waals surface area (Å²) in [5.41, 5.74) is 1.64. The van der Waals surface area contributed by atoms with Gasteiger partial charge in [-0.1, -0.05) is 24.3 Å². The summed E-state index contributed by atoms with van der Waals surface area (Å²) in [7, 11) is 0. The second-order valence-corrected chi connectivity index (χ2v) is 4.95. The van der Waals surface area contributed by atoms with Crippen molar-refractivity contribution >= 4 is 29.2 Å². The standard InChI is InChI=1S/C17H16N2O4/c1-11(20)18-13-6-4-7-14(10-13)19-16(21)9-12-5-2-3-8-15(12)17(22)23/h2-8,10H,9H2,1H3,(H,18,20)(H,19,21)(H,22,23). The first-order chi connectivity index (χ1) is 11.0. The van der Waals surface area contributed by atoms with Gasteiger partial charge in [-0.05, 0) is 29.8 Å². The lowest BCUT2D eigenvalue weighted by molar-refractivity contribution is -0.115. The second-order valence-electron chi connectivity index (χ2n) is 4.95. The molecular weight excluding hydrogens is 296 g/mol. The maximum absolute atomic E-state index is 12.1. The van der Waals surface area contributed by atoms with Crippen LogP contribution >= 0.6 is 0 Å². The third-order valence-electron chi connectivity index (χ3n) is 3.07. The lowest BCUT2D eigenvalue weighted by Gasteiger charge is -2.09. The molecule has 2 amide bonds. The normalized spacial score (nSPS) is 9.96. The maximum Gasteiger partial charge on any atom is 0.335 e. The number of amides is 2. The summed E-state index contributed by atoms with van der Waals surface area (Å²) < 4.78 is 0. The fourth-order valence-electron chi connectivity index (χ4n) is 2.14. The Balaban J connectivity index is 2.08. The molecule has 0 bridgehead atoms. The van der Waals surface area contributed by atoms with E-state index in [0.29, 0.717) is 16.9 Å². The maximum atomic E-state index is 12.1. The van der Waals surface area contributed by atoms with E-state index < -0.39 is 5.97 Å². The van der Waals surface area contributed by atoms with Crippen molar-refractivity contribution in [2.45, 2.75) is 13.3 Å². The molecule has 118 valence electrons. The van der Waals surface area contributed by atoms with Gasteiger partial charge in [-0.25, -0.2) is 4.79 Å². The summed E-state index contributed by atoms with van der Waals surface area (Å²) in [5.74, 6) is -1.61. The number of carboxylic acids is 1. The van der Waals surface area contributed by atoms with Crippen LogP contribution in [0.15, 0.2) is 48.5 Å². The van der Waals surface area contributed by atoms with Crippen molar-refractivity contribution in [2.24, 2.45) is 0 Å². The molecule has 0 fully saturated rings. The molecule has 6 heteroatoms. The van der Waals surface area contributed by atoms with Crippen molar-refractivity contribution in [1.29, 1.82) is 0 Å². The van der Waals surface area contributed by atoms with Gasteiger partial charge in [-0.3, -0.25) is 9.59 Å². The van der Waals surface area contributed by atoms with Gasteiger partial charge in [0.1, 0.15) is 0 Å². The quantitative estimate of drug-likeness (QED) is 0.790. The molecular formula is C17H16N2O4. The highest BCUT2D eigenvalue weighted by atomic mass is 16.4. The summed E-state index contributed by atoms with van der Waals surface area (Å²) in [6.45, 7) is 1.40. The molecule has 0 aliphatic carbocycles. The molecule has 0 atom stereocenters. The van der Waals surface area contributed by atoms with Gasteiger partial charge in [-0.15, -0.1) is 0 Å². The van der Waals surface area contributed by atoms with Crippen molar-refractivity contribution in [2.75, 3.05) is 10.6 Å². The predicted molar refractivity (Wildman–Crippen MR) is 86.5 cm³/mol. The van der Waals surface area contributed by atoms with E-state index in [1.165, 1.54) is 13.0 Å². The molecule has 0 aliphatic heterocycles. The van der Waals surface area contributed by atoms with Crippen LogP contribution in [0.2, 0.25) is 0 Å². The number of benzene rings is 2. The second kappa shape index (κ2) is 7.22. The number of aromatic carboxylic acids is 1. The molecule has 0 unspecified atom stereocenters. The smallest absolute Gasteiger partial charge is 0.335 e. The molecule has 0 saturated heterocycles. The van der Waals surface area contributed by atoms with Crippen LogP contribution in [-0.2, 0) is 16.0 Å². The van der Waals surface area contributed by atoms with Gasteiger partial charge in [0.2, 0.25) is 11.8 Å². The van der Waals surface area contributed by atoms with E-state index in [-0.39, 0.29) is 23.8 Å². The van der Waals surface area contributed by atoms with Crippen LogP contribution in [-0.4, -0.2) is 22.9 Å². The Labute approximate surface area is 133 Å².